The summed E-state index contributed by atoms with van der Waals surface area (Å²) in [6.07, 6.45) is 3.12. The van der Waals surface area contributed by atoms with E-state index in [2.05, 4.69) is 15.3 Å². The third-order valence-corrected chi connectivity index (χ3v) is 2.81. The molecule has 0 unspecified atom stereocenters. The largest absolute Gasteiger partial charge is 0.361 e. The van der Waals surface area contributed by atoms with Gasteiger partial charge in [-0.05, 0) is 36.4 Å². The van der Waals surface area contributed by atoms with E-state index in [4.69, 9.17) is 0 Å². The summed E-state index contributed by atoms with van der Waals surface area (Å²) in [7, 11) is 0. The van der Waals surface area contributed by atoms with E-state index in [1.54, 1.807) is 6.07 Å². The van der Waals surface area contributed by atoms with Crippen molar-refractivity contribution in [2.24, 2.45) is 0 Å². The molecule has 2 N–H and O–H groups in total. The molecule has 0 radical (unpaired) electrons. The molecule has 3 rings (SSSR count). The Bertz CT molecular complexity index is 751. The highest BCUT2D eigenvalue weighted by Crippen LogP contribution is 2.18. The average Bonchev–Trinajstić information content (AvgIpc) is 2.86. The number of nitrogens with one attached hydrogen (secondary N) is 2. The molecule has 0 fully saturated rings. The third-order valence-electron chi connectivity index (χ3n) is 2.81. The SMILES string of the molecule is O=C(Nc1ccc2[nH]ccc2c1)c1cccnc1F. The fourth-order valence-corrected chi connectivity index (χ4v) is 1.88. The number of fused-ring (bicyclic) bond motifs is 1. The van der Waals surface area contributed by atoms with Gasteiger partial charge in [0, 0.05) is 29.0 Å². The summed E-state index contributed by atoms with van der Waals surface area (Å²) >= 11 is 0. The molecule has 0 spiro atoms. The average molecular weight is 255 g/mol. The van der Waals surface area contributed by atoms with Gasteiger partial charge in [-0.3, -0.25) is 4.79 Å². The normalized spacial score (nSPS) is 10.6. The van der Waals surface area contributed by atoms with Crippen LogP contribution in [-0.4, -0.2) is 15.9 Å². The molecule has 0 saturated heterocycles. The van der Waals surface area contributed by atoms with Crippen LogP contribution in [0.25, 0.3) is 10.9 Å². The van der Waals surface area contributed by atoms with Crippen LogP contribution in [0.4, 0.5) is 10.1 Å². The van der Waals surface area contributed by atoms with Gasteiger partial charge >= 0.3 is 0 Å². The fourth-order valence-electron chi connectivity index (χ4n) is 1.88. The molecule has 0 aliphatic rings. The van der Waals surface area contributed by atoms with Crippen LogP contribution in [0.3, 0.4) is 0 Å². The lowest BCUT2D eigenvalue weighted by molar-refractivity contribution is 0.102. The molecule has 5 heteroatoms. The van der Waals surface area contributed by atoms with Gasteiger partial charge in [0.25, 0.3) is 5.91 Å². The second-order valence-electron chi connectivity index (χ2n) is 4.08. The van der Waals surface area contributed by atoms with E-state index in [0.717, 1.165) is 10.9 Å². The minimum absolute atomic E-state index is 0.0725. The lowest BCUT2D eigenvalue weighted by atomic mass is 10.2. The fraction of sp³-hybridized carbons (Fsp3) is 0. The van der Waals surface area contributed by atoms with E-state index in [0.29, 0.717) is 5.69 Å². The van der Waals surface area contributed by atoms with Gasteiger partial charge in [0.2, 0.25) is 5.95 Å². The molecule has 0 saturated carbocycles. The van der Waals surface area contributed by atoms with Gasteiger partial charge in [0.1, 0.15) is 0 Å². The van der Waals surface area contributed by atoms with Crippen LogP contribution in [0.15, 0.2) is 48.8 Å². The van der Waals surface area contributed by atoms with Gasteiger partial charge in [0.15, 0.2) is 0 Å². The van der Waals surface area contributed by atoms with Crippen LogP contribution < -0.4 is 5.32 Å². The molecule has 1 aromatic carbocycles. The van der Waals surface area contributed by atoms with E-state index >= 15 is 0 Å². The summed E-state index contributed by atoms with van der Waals surface area (Å²) in [5.41, 5.74) is 1.52. The van der Waals surface area contributed by atoms with Crippen molar-refractivity contribution in [3.8, 4) is 0 Å². The van der Waals surface area contributed by atoms with Gasteiger partial charge in [-0.1, -0.05) is 0 Å². The maximum absolute atomic E-state index is 13.4. The van der Waals surface area contributed by atoms with Crippen molar-refractivity contribution in [2.45, 2.75) is 0 Å². The van der Waals surface area contributed by atoms with Crippen molar-refractivity contribution in [1.82, 2.24) is 9.97 Å². The molecular formula is C14H10FN3O. The van der Waals surface area contributed by atoms with Crippen molar-refractivity contribution in [3.05, 3.63) is 60.3 Å². The highest BCUT2D eigenvalue weighted by molar-refractivity contribution is 6.05. The zero-order chi connectivity index (χ0) is 13.2. The van der Waals surface area contributed by atoms with Gasteiger partial charge in [-0.2, -0.15) is 4.39 Å². The Labute approximate surface area is 108 Å². The maximum Gasteiger partial charge on any atom is 0.260 e. The summed E-state index contributed by atoms with van der Waals surface area (Å²) in [5.74, 6) is -1.29. The van der Waals surface area contributed by atoms with Crippen LogP contribution in [0.1, 0.15) is 10.4 Å². The number of aromatic amines is 1. The Morgan fingerprint density at radius 3 is 3.00 bits per heavy atom. The van der Waals surface area contributed by atoms with Crippen LogP contribution in [0.2, 0.25) is 0 Å². The predicted octanol–water partition coefficient (Wildman–Crippen LogP) is 2.95. The molecule has 2 heterocycles. The molecule has 1 amide bonds. The molecule has 2 aromatic heterocycles. The number of carbonyl (C=O) groups is 1. The lowest BCUT2D eigenvalue weighted by Crippen LogP contribution is -2.14. The van der Waals surface area contributed by atoms with E-state index in [-0.39, 0.29) is 5.56 Å². The number of pyridine rings is 1. The van der Waals surface area contributed by atoms with E-state index < -0.39 is 11.9 Å². The summed E-state index contributed by atoms with van der Waals surface area (Å²) < 4.78 is 13.4. The van der Waals surface area contributed by atoms with Crippen molar-refractivity contribution in [2.75, 3.05) is 5.32 Å². The topological polar surface area (TPSA) is 57.8 Å². The van der Waals surface area contributed by atoms with E-state index in [1.807, 2.05) is 24.4 Å². The Morgan fingerprint density at radius 1 is 1.26 bits per heavy atom. The van der Waals surface area contributed by atoms with Crippen LogP contribution >= 0.6 is 0 Å². The van der Waals surface area contributed by atoms with Gasteiger partial charge in [-0.15, -0.1) is 0 Å². The Balaban J connectivity index is 1.88. The zero-order valence-electron chi connectivity index (χ0n) is 9.85. The monoisotopic (exact) mass is 255 g/mol. The molecule has 0 atom stereocenters. The minimum atomic E-state index is -0.775. The van der Waals surface area contributed by atoms with Crippen LogP contribution in [0, 0.1) is 5.95 Å². The molecule has 0 aliphatic heterocycles. The summed E-state index contributed by atoms with van der Waals surface area (Å²) in [6.45, 7) is 0. The third kappa shape index (κ3) is 2.18. The second kappa shape index (κ2) is 4.53. The number of rotatable bonds is 2. The number of H-pyrrole nitrogens is 1. The number of aromatic nitrogens is 2. The van der Waals surface area contributed by atoms with Crippen LogP contribution in [-0.2, 0) is 0 Å². The van der Waals surface area contributed by atoms with E-state index in [9.17, 15) is 9.18 Å². The van der Waals surface area contributed by atoms with Crippen molar-refractivity contribution >= 4 is 22.5 Å². The number of halogens is 1. The number of hydrogen-bond donors (Lipinski definition) is 2. The Hall–Kier alpha value is -2.69. The predicted molar refractivity (Wildman–Crippen MR) is 70.4 cm³/mol. The molecule has 0 bridgehead atoms. The number of amides is 1. The summed E-state index contributed by atoms with van der Waals surface area (Å²) in [6, 6.07) is 10.2. The van der Waals surface area contributed by atoms with Crippen molar-refractivity contribution in [3.63, 3.8) is 0 Å². The lowest BCUT2D eigenvalue weighted by Gasteiger charge is -2.05. The highest BCUT2D eigenvalue weighted by atomic mass is 19.1. The van der Waals surface area contributed by atoms with Gasteiger partial charge in [-0.25, -0.2) is 4.98 Å². The first-order valence-corrected chi connectivity index (χ1v) is 5.73. The summed E-state index contributed by atoms with van der Waals surface area (Å²) in [5, 5.41) is 3.62. The van der Waals surface area contributed by atoms with Gasteiger partial charge in [0.05, 0.1) is 5.56 Å². The number of carbonyl (C=O) groups excluding carboxylic acids is 1. The molecule has 0 aliphatic carbocycles. The summed E-state index contributed by atoms with van der Waals surface area (Å²) in [4.78, 5) is 18.4. The molecular weight excluding hydrogens is 245 g/mol. The first-order chi connectivity index (χ1) is 9.24. The first-order valence-electron chi connectivity index (χ1n) is 5.73. The maximum atomic E-state index is 13.4. The quantitative estimate of drug-likeness (QED) is 0.692. The smallest absolute Gasteiger partial charge is 0.260 e. The molecule has 94 valence electrons. The van der Waals surface area contributed by atoms with Crippen LogP contribution in [0.5, 0.6) is 0 Å². The van der Waals surface area contributed by atoms with Gasteiger partial charge < -0.3 is 10.3 Å². The molecule has 19 heavy (non-hydrogen) atoms. The van der Waals surface area contributed by atoms with E-state index in [1.165, 1.54) is 18.3 Å². The number of benzene rings is 1. The minimum Gasteiger partial charge on any atom is -0.361 e. The highest BCUT2D eigenvalue weighted by Gasteiger charge is 2.12. The van der Waals surface area contributed by atoms with Crippen molar-refractivity contribution in [1.29, 1.82) is 0 Å². The Morgan fingerprint density at radius 2 is 2.16 bits per heavy atom. The number of hydrogen-bond acceptors (Lipinski definition) is 2. The standard InChI is InChI=1S/C14H10FN3O/c15-13-11(2-1-6-17-13)14(19)18-10-3-4-12-9(8-10)5-7-16-12/h1-8,16H,(H,18,19). The molecule has 3 aromatic rings. The van der Waals surface area contributed by atoms with Crippen molar-refractivity contribution < 1.29 is 9.18 Å². The second-order valence-corrected chi connectivity index (χ2v) is 4.08. The molecule has 4 nitrogen and oxygen atoms in total. The number of anilines is 1. The first kappa shape index (κ1) is 11.4. The zero-order valence-corrected chi connectivity index (χ0v) is 9.85. The number of nitrogens with zero attached hydrogens (tertiary/aromatic N) is 1. The Kier molecular flexibility index (Phi) is 2.72.